The summed E-state index contributed by atoms with van der Waals surface area (Å²) in [6, 6.07) is 16.8. The Bertz CT molecular complexity index is 1660. The van der Waals surface area contributed by atoms with Crippen molar-refractivity contribution in [2.45, 2.75) is 6.04 Å². The van der Waals surface area contributed by atoms with Crippen molar-refractivity contribution in [3.63, 3.8) is 0 Å². The van der Waals surface area contributed by atoms with Crippen LogP contribution in [0.3, 0.4) is 0 Å². The van der Waals surface area contributed by atoms with Crippen molar-refractivity contribution < 1.29 is 4.74 Å². The molecule has 0 atom stereocenters. The van der Waals surface area contributed by atoms with E-state index in [2.05, 4.69) is 67.0 Å². The first-order valence-electron chi connectivity index (χ1n) is 11.8. The number of aromatic nitrogens is 6. The highest BCUT2D eigenvalue weighted by Gasteiger charge is 2.35. The molecule has 6 heterocycles. The molecule has 9 heteroatoms. The fraction of sp³-hybridized carbons (Fsp3) is 0.111. The molecule has 0 bridgehead atoms. The van der Waals surface area contributed by atoms with Crippen LogP contribution in [0.1, 0.15) is 0 Å². The van der Waals surface area contributed by atoms with Crippen molar-refractivity contribution >= 4 is 33.4 Å². The number of ether oxygens (including phenoxy) is 1. The molecule has 1 saturated heterocycles. The summed E-state index contributed by atoms with van der Waals surface area (Å²) in [5, 5.41) is 19.8. The summed E-state index contributed by atoms with van der Waals surface area (Å²) >= 11 is 0. The van der Waals surface area contributed by atoms with Crippen LogP contribution in [0.2, 0.25) is 0 Å². The molecular weight excluding hydrogens is 452 g/mol. The van der Waals surface area contributed by atoms with Gasteiger partial charge in [-0.05, 0) is 47.5 Å². The fourth-order valence-corrected chi connectivity index (χ4v) is 4.97. The van der Waals surface area contributed by atoms with Gasteiger partial charge in [-0.15, -0.1) is 0 Å². The van der Waals surface area contributed by atoms with E-state index in [9.17, 15) is 0 Å². The molecule has 0 aliphatic carbocycles. The Balaban J connectivity index is 1.23. The summed E-state index contributed by atoms with van der Waals surface area (Å²) in [7, 11) is 0. The Morgan fingerprint density at radius 3 is 1.72 bits per heavy atom. The summed E-state index contributed by atoms with van der Waals surface area (Å²) < 4.78 is 6.47. The predicted octanol–water partition coefficient (Wildman–Crippen LogP) is 4.78. The lowest BCUT2D eigenvalue weighted by molar-refractivity contribution is 0.407. The highest BCUT2D eigenvalue weighted by atomic mass is 16.5. The number of nitrogens with one attached hydrogen (secondary N) is 3. The van der Waals surface area contributed by atoms with Crippen LogP contribution in [0.15, 0.2) is 73.3 Å². The first kappa shape index (κ1) is 19.5. The maximum absolute atomic E-state index is 6.47. The molecule has 1 fully saturated rings. The molecule has 0 spiro atoms. The van der Waals surface area contributed by atoms with E-state index in [1.165, 1.54) is 0 Å². The molecule has 2 aliphatic rings. The zero-order chi connectivity index (χ0) is 23.6. The number of anilines is 2. The van der Waals surface area contributed by atoms with Gasteiger partial charge in [-0.3, -0.25) is 15.1 Å². The number of nitrogens with zero attached hydrogens (tertiary/aromatic N) is 5. The first-order chi connectivity index (χ1) is 17.8. The summed E-state index contributed by atoms with van der Waals surface area (Å²) in [5.41, 5.74) is 6.11. The van der Waals surface area contributed by atoms with Crippen LogP contribution in [0.5, 0.6) is 11.5 Å². The van der Waals surface area contributed by atoms with Crippen molar-refractivity contribution in [2.75, 3.05) is 18.0 Å². The minimum atomic E-state index is 0.271. The predicted molar refractivity (Wildman–Crippen MR) is 138 cm³/mol. The third-order valence-electron chi connectivity index (χ3n) is 7.01. The molecule has 2 aliphatic heterocycles. The Kier molecular flexibility index (Phi) is 4.00. The minimum Gasteiger partial charge on any atom is -0.450 e. The third-order valence-corrected chi connectivity index (χ3v) is 7.01. The normalized spacial score (nSPS) is 14.9. The summed E-state index contributed by atoms with van der Waals surface area (Å²) in [4.78, 5) is 11.9. The number of hydrogen-bond donors (Lipinski definition) is 3. The molecule has 36 heavy (non-hydrogen) atoms. The van der Waals surface area contributed by atoms with E-state index in [1.54, 1.807) is 0 Å². The molecule has 174 valence electrons. The topological polar surface area (TPSA) is 108 Å². The van der Waals surface area contributed by atoms with Crippen molar-refractivity contribution in [1.82, 2.24) is 35.7 Å². The van der Waals surface area contributed by atoms with Gasteiger partial charge in [0.1, 0.15) is 0 Å². The van der Waals surface area contributed by atoms with Crippen molar-refractivity contribution in [1.29, 1.82) is 0 Å². The Labute approximate surface area is 205 Å². The van der Waals surface area contributed by atoms with Crippen LogP contribution in [0.25, 0.3) is 44.1 Å². The number of pyridine rings is 2. The van der Waals surface area contributed by atoms with Crippen LogP contribution in [-0.4, -0.2) is 49.5 Å². The average Bonchev–Trinajstić information content (AvgIpc) is 3.55. The molecule has 2 aromatic carbocycles. The largest absolute Gasteiger partial charge is 0.450 e. The zero-order valence-electron chi connectivity index (χ0n) is 19.1. The van der Waals surface area contributed by atoms with Gasteiger partial charge in [-0.2, -0.15) is 10.2 Å². The maximum atomic E-state index is 6.47. The summed E-state index contributed by atoms with van der Waals surface area (Å²) in [5.74, 6) is 3.04. The lowest BCUT2D eigenvalue weighted by Crippen LogP contribution is -2.56. The minimum absolute atomic E-state index is 0.271. The second kappa shape index (κ2) is 7.37. The van der Waals surface area contributed by atoms with Gasteiger partial charge in [0.25, 0.3) is 0 Å². The van der Waals surface area contributed by atoms with E-state index in [0.717, 1.165) is 80.3 Å². The Morgan fingerprint density at radius 1 is 0.667 bits per heavy atom. The number of benzene rings is 2. The van der Waals surface area contributed by atoms with Gasteiger partial charge in [0.15, 0.2) is 23.1 Å². The summed E-state index contributed by atoms with van der Waals surface area (Å²) in [6.45, 7) is 1.75. The second-order valence-electron chi connectivity index (χ2n) is 9.22. The average molecular weight is 473 g/mol. The fourth-order valence-electron chi connectivity index (χ4n) is 4.97. The molecule has 6 aromatic rings. The highest BCUT2D eigenvalue weighted by Crippen LogP contribution is 2.48. The van der Waals surface area contributed by atoms with Gasteiger partial charge < -0.3 is 10.1 Å². The van der Waals surface area contributed by atoms with Gasteiger partial charge in [0, 0.05) is 47.4 Å². The lowest BCUT2D eigenvalue weighted by atomic mass is 10.0. The maximum Gasteiger partial charge on any atom is 0.178 e. The number of fused-ring (bicyclic) bond motifs is 4. The molecule has 9 nitrogen and oxygen atoms in total. The van der Waals surface area contributed by atoms with Crippen molar-refractivity contribution in [3.05, 3.63) is 73.3 Å². The van der Waals surface area contributed by atoms with Gasteiger partial charge >= 0.3 is 0 Å². The standard InChI is InChI=1S/C27H20N8O/c1-3-22-19(11-31-33-22)5-15(1)17-7-24-26(29-9-17)35(21-13-28-14-21)27-25(36-24)8-18(10-30-27)16-2-4-23-20(6-16)12-32-34-23/h1-12,21,28H,13-14H2,(H,31,33)(H,32,34). The zero-order valence-corrected chi connectivity index (χ0v) is 19.1. The second-order valence-corrected chi connectivity index (χ2v) is 9.22. The SMILES string of the molecule is c1cc2[nH]ncc2cc1-c1cnc2c(c1)Oc1cc(-c3ccc4[nH]ncc4c3)cnc1N2C1CNC1. The van der Waals surface area contributed by atoms with Crippen LogP contribution in [-0.2, 0) is 0 Å². The van der Waals surface area contributed by atoms with E-state index in [4.69, 9.17) is 14.7 Å². The molecule has 0 amide bonds. The molecule has 8 rings (SSSR count). The Hall–Kier alpha value is -4.76. The van der Waals surface area contributed by atoms with Crippen molar-refractivity contribution in [3.8, 4) is 33.8 Å². The smallest absolute Gasteiger partial charge is 0.178 e. The highest BCUT2D eigenvalue weighted by molar-refractivity contribution is 5.87. The van der Waals surface area contributed by atoms with E-state index in [-0.39, 0.29) is 6.04 Å². The van der Waals surface area contributed by atoms with Crippen LogP contribution in [0, 0.1) is 0 Å². The number of H-pyrrole nitrogens is 2. The molecule has 0 saturated carbocycles. The van der Waals surface area contributed by atoms with Gasteiger partial charge in [-0.1, -0.05) is 12.1 Å². The van der Waals surface area contributed by atoms with E-state index in [0.29, 0.717) is 0 Å². The quantitative estimate of drug-likeness (QED) is 0.340. The monoisotopic (exact) mass is 472 g/mol. The number of aromatic amines is 2. The van der Waals surface area contributed by atoms with Crippen LogP contribution < -0.4 is 15.0 Å². The molecule has 0 radical (unpaired) electrons. The van der Waals surface area contributed by atoms with Crippen LogP contribution in [0.4, 0.5) is 11.6 Å². The molecular formula is C27H20N8O. The van der Waals surface area contributed by atoms with E-state index < -0.39 is 0 Å². The van der Waals surface area contributed by atoms with E-state index in [1.807, 2.05) is 36.9 Å². The Morgan fingerprint density at radius 2 is 1.22 bits per heavy atom. The summed E-state index contributed by atoms with van der Waals surface area (Å²) in [6.07, 6.45) is 7.47. The number of hydrogen-bond acceptors (Lipinski definition) is 7. The number of rotatable bonds is 3. The molecule has 4 aromatic heterocycles. The first-order valence-corrected chi connectivity index (χ1v) is 11.8. The van der Waals surface area contributed by atoms with Gasteiger partial charge in [0.2, 0.25) is 0 Å². The third kappa shape index (κ3) is 2.93. The van der Waals surface area contributed by atoms with E-state index >= 15 is 0 Å². The molecule has 0 unspecified atom stereocenters. The van der Waals surface area contributed by atoms with Crippen molar-refractivity contribution in [2.24, 2.45) is 0 Å². The lowest BCUT2D eigenvalue weighted by Gasteiger charge is -2.41. The van der Waals surface area contributed by atoms with Gasteiger partial charge in [-0.25, -0.2) is 9.97 Å². The van der Waals surface area contributed by atoms with Gasteiger partial charge in [0.05, 0.1) is 29.5 Å². The van der Waals surface area contributed by atoms with Crippen LogP contribution >= 0.6 is 0 Å². The molecule has 3 N–H and O–H groups in total.